The van der Waals surface area contributed by atoms with Gasteiger partial charge in [0.25, 0.3) is 0 Å². The zero-order chi connectivity index (χ0) is 23.8. The maximum absolute atomic E-state index is 13.7. The minimum absolute atomic E-state index is 0.0300. The number of hydrogen-bond acceptors (Lipinski definition) is 6. The predicted molar refractivity (Wildman–Crippen MR) is 133 cm³/mol. The van der Waals surface area contributed by atoms with Gasteiger partial charge in [0.1, 0.15) is 11.8 Å². The molecular formula is C25H29Cl2N3O4. The topological polar surface area (TPSA) is 65.5 Å². The summed E-state index contributed by atoms with van der Waals surface area (Å²) in [4.78, 5) is 20.0. The molecule has 3 saturated heterocycles. The highest BCUT2D eigenvalue weighted by Gasteiger charge is 2.44. The zero-order valence-electron chi connectivity index (χ0n) is 19.1. The normalized spacial score (nSPS) is 26.6. The van der Waals surface area contributed by atoms with Crippen molar-refractivity contribution in [1.82, 2.24) is 4.90 Å². The van der Waals surface area contributed by atoms with Gasteiger partial charge in [-0.1, -0.05) is 23.2 Å². The van der Waals surface area contributed by atoms with Crippen molar-refractivity contribution in [2.45, 2.75) is 37.6 Å². The van der Waals surface area contributed by atoms with Gasteiger partial charge in [-0.2, -0.15) is 0 Å². The molecule has 0 spiro atoms. The number of halogens is 2. The van der Waals surface area contributed by atoms with Crippen LogP contribution < -0.4 is 14.5 Å². The number of piperazine rings is 1. The maximum Gasteiger partial charge on any atom is 0.245 e. The molecular weight excluding hydrogens is 477 g/mol. The van der Waals surface area contributed by atoms with Crippen LogP contribution in [0.25, 0.3) is 0 Å². The number of nitrogens with zero attached hydrogens (tertiary/aromatic N) is 3. The second-order valence-corrected chi connectivity index (χ2v) is 9.92. The molecule has 0 aliphatic carbocycles. The third-order valence-electron chi connectivity index (χ3n) is 6.82. The van der Waals surface area contributed by atoms with Crippen LogP contribution in [0, 0.1) is 0 Å². The smallest absolute Gasteiger partial charge is 0.245 e. The van der Waals surface area contributed by atoms with Crippen molar-refractivity contribution in [2.75, 3.05) is 49.3 Å². The lowest BCUT2D eigenvalue weighted by Gasteiger charge is -2.51. The van der Waals surface area contributed by atoms with E-state index in [1.165, 1.54) is 0 Å². The highest BCUT2D eigenvalue weighted by molar-refractivity contribution is 6.32. The lowest BCUT2D eigenvalue weighted by atomic mass is 10.0. The molecule has 3 aliphatic rings. The standard InChI is InChI=1S/C25H29Cl2N3O4/c1-2-34-24-9-18(7-8-22(24)27)30-19-11-28(12-20(30)15-33-14-19)25(32)23-10-21(31)13-29(23)17-5-3-16(26)4-6-17/h3-9,19-21,23,31H,2,10-15H2,1H3/t19?,20?,21-,23+/m0/s1. The van der Waals surface area contributed by atoms with E-state index in [1.54, 1.807) is 0 Å². The van der Waals surface area contributed by atoms with Crippen LogP contribution in [0.1, 0.15) is 13.3 Å². The van der Waals surface area contributed by atoms with Gasteiger partial charge in [-0.05, 0) is 43.3 Å². The highest BCUT2D eigenvalue weighted by Crippen LogP contribution is 2.35. The van der Waals surface area contributed by atoms with E-state index < -0.39 is 12.1 Å². The van der Waals surface area contributed by atoms with E-state index in [0.717, 1.165) is 11.4 Å². The van der Waals surface area contributed by atoms with Crippen LogP contribution in [-0.4, -0.2) is 79.6 Å². The Balaban J connectivity index is 1.35. The Kier molecular flexibility index (Phi) is 6.80. The molecule has 5 rings (SSSR count). The second-order valence-electron chi connectivity index (χ2n) is 9.08. The molecule has 2 bridgehead atoms. The Morgan fingerprint density at radius 1 is 1.06 bits per heavy atom. The molecule has 7 nitrogen and oxygen atoms in total. The SMILES string of the molecule is CCOc1cc(N2C3COCC2CN(C(=O)[C@H]2C[C@H](O)CN2c2ccc(Cl)cc2)C3)ccc1Cl. The molecule has 34 heavy (non-hydrogen) atoms. The Morgan fingerprint density at radius 2 is 1.74 bits per heavy atom. The first kappa shape index (κ1) is 23.5. The first-order chi connectivity index (χ1) is 16.4. The first-order valence-electron chi connectivity index (χ1n) is 11.7. The van der Waals surface area contributed by atoms with Gasteiger partial charge in [0.2, 0.25) is 5.91 Å². The predicted octanol–water partition coefficient (Wildman–Crippen LogP) is 3.45. The van der Waals surface area contributed by atoms with Crippen LogP contribution in [-0.2, 0) is 9.53 Å². The number of aliphatic hydroxyl groups excluding tert-OH is 1. The molecule has 3 aliphatic heterocycles. The van der Waals surface area contributed by atoms with Gasteiger partial charge in [0.05, 0.1) is 43.0 Å². The van der Waals surface area contributed by atoms with Crippen LogP contribution in [0.15, 0.2) is 42.5 Å². The Hall–Kier alpha value is -2.19. The largest absolute Gasteiger partial charge is 0.492 e. The molecule has 1 N–H and O–H groups in total. The average Bonchev–Trinajstić information content (AvgIpc) is 3.21. The molecule has 0 radical (unpaired) electrons. The fourth-order valence-electron chi connectivity index (χ4n) is 5.36. The summed E-state index contributed by atoms with van der Waals surface area (Å²) in [6.07, 6.45) is -0.123. The summed E-state index contributed by atoms with van der Waals surface area (Å²) in [6.45, 7) is 5.11. The summed E-state index contributed by atoms with van der Waals surface area (Å²) in [6, 6.07) is 12.9. The number of morpholine rings is 1. The zero-order valence-corrected chi connectivity index (χ0v) is 20.6. The number of β-amino-alcohol motifs (C(OH)–C–C–N with tert-alkyl or cyclic N) is 1. The molecule has 2 aromatic rings. The summed E-state index contributed by atoms with van der Waals surface area (Å²) in [7, 11) is 0. The summed E-state index contributed by atoms with van der Waals surface area (Å²) in [5.74, 6) is 0.715. The van der Waals surface area contributed by atoms with Crippen LogP contribution in [0.3, 0.4) is 0 Å². The maximum atomic E-state index is 13.7. The van der Waals surface area contributed by atoms with Gasteiger partial charge in [0, 0.05) is 48.5 Å². The molecule has 3 heterocycles. The summed E-state index contributed by atoms with van der Waals surface area (Å²) < 4.78 is 11.6. The molecule has 4 atom stereocenters. The number of hydrogen-bond donors (Lipinski definition) is 1. The molecule has 0 aromatic heterocycles. The summed E-state index contributed by atoms with van der Waals surface area (Å²) >= 11 is 12.4. The number of fused-ring (bicyclic) bond motifs is 2. The lowest BCUT2D eigenvalue weighted by molar-refractivity contribution is -0.136. The Labute approximate surface area is 209 Å². The average molecular weight is 506 g/mol. The van der Waals surface area contributed by atoms with Crippen molar-refractivity contribution in [2.24, 2.45) is 0 Å². The number of anilines is 2. The van der Waals surface area contributed by atoms with Crippen molar-refractivity contribution in [3.8, 4) is 5.75 Å². The second kappa shape index (κ2) is 9.82. The number of aliphatic hydroxyl groups is 1. The Bertz CT molecular complexity index is 1020. The minimum atomic E-state index is -0.542. The van der Waals surface area contributed by atoms with Gasteiger partial charge >= 0.3 is 0 Å². The van der Waals surface area contributed by atoms with E-state index in [4.69, 9.17) is 32.7 Å². The molecule has 3 fully saturated rings. The number of ether oxygens (including phenoxy) is 2. The molecule has 9 heteroatoms. The van der Waals surface area contributed by atoms with Crippen LogP contribution in [0.2, 0.25) is 10.0 Å². The highest BCUT2D eigenvalue weighted by atomic mass is 35.5. The van der Waals surface area contributed by atoms with Crippen LogP contribution >= 0.6 is 23.2 Å². The van der Waals surface area contributed by atoms with Gasteiger partial charge in [-0.3, -0.25) is 4.79 Å². The quantitative estimate of drug-likeness (QED) is 0.671. The van der Waals surface area contributed by atoms with Crippen molar-refractivity contribution >= 4 is 40.5 Å². The number of carbonyl (C=O) groups excluding carboxylic acids is 1. The van der Waals surface area contributed by atoms with Gasteiger partial charge < -0.3 is 29.3 Å². The molecule has 2 aromatic carbocycles. The van der Waals surface area contributed by atoms with Gasteiger partial charge in [-0.15, -0.1) is 0 Å². The van der Waals surface area contributed by atoms with Crippen molar-refractivity contribution in [3.05, 3.63) is 52.5 Å². The molecule has 1 amide bonds. The monoisotopic (exact) mass is 505 g/mol. The van der Waals surface area contributed by atoms with E-state index in [1.807, 2.05) is 59.2 Å². The van der Waals surface area contributed by atoms with Crippen molar-refractivity contribution < 1.29 is 19.4 Å². The summed E-state index contributed by atoms with van der Waals surface area (Å²) in [5, 5.41) is 11.6. The first-order valence-corrected chi connectivity index (χ1v) is 12.5. The van der Waals surface area contributed by atoms with Crippen LogP contribution in [0.4, 0.5) is 11.4 Å². The van der Waals surface area contributed by atoms with Gasteiger partial charge in [0.15, 0.2) is 0 Å². The van der Waals surface area contributed by atoms with Gasteiger partial charge in [-0.25, -0.2) is 0 Å². The van der Waals surface area contributed by atoms with E-state index in [0.29, 0.717) is 61.7 Å². The van der Waals surface area contributed by atoms with E-state index in [2.05, 4.69) is 4.90 Å². The third kappa shape index (κ3) is 4.54. The number of carbonyl (C=O) groups is 1. The lowest BCUT2D eigenvalue weighted by Crippen LogP contribution is -2.67. The van der Waals surface area contributed by atoms with E-state index >= 15 is 0 Å². The fraction of sp³-hybridized carbons (Fsp3) is 0.480. The molecule has 182 valence electrons. The van der Waals surface area contributed by atoms with Crippen molar-refractivity contribution in [1.29, 1.82) is 0 Å². The third-order valence-corrected chi connectivity index (χ3v) is 7.38. The Morgan fingerprint density at radius 3 is 2.41 bits per heavy atom. The molecule has 0 saturated carbocycles. The minimum Gasteiger partial charge on any atom is -0.492 e. The van der Waals surface area contributed by atoms with Crippen LogP contribution in [0.5, 0.6) is 5.75 Å². The van der Waals surface area contributed by atoms with E-state index in [-0.39, 0.29) is 18.0 Å². The molecule has 2 unspecified atom stereocenters. The number of benzene rings is 2. The number of amides is 1. The van der Waals surface area contributed by atoms with Crippen molar-refractivity contribution in [3.63, 3.8) is 0 Å². The summed E-state index contributed by atoms with van der Waals surface area (Å²) in [5.41, 5.74) is 1.92. The fourth-order valence-corrected chi connectivity index (χ4v) is 5.66. The number of rotatable bonds is 5. The van der Waals surface area contributed by atoms with E-state index in [9.17, 15) is 9.90 Å².